The smallest absolute Gasteiger partial charge is 0.212 e. The summed E-state index contributed by atoms with van der Waals surface area (Å²) in [5.74, 6) is 0.975. The quantitative estimate of drug-likeness (QED) is 0.578. The Bertz CT molecular complexity index is 261. The van der Waals surface area contributed by atoms with Crippen molar-refractivity contribution in [3.05, 3.63) is 0 Å². The van der Waals surface area contributed by atoms with Gasteiger partial charge in [-0.1, -0.05) is 19.8 Å². The molecule has 1 fully saturated rings. The maximum Gasteiger partial charge on any atom is 0.212 e. The van der Waals surface area contributed by atoms with Gasteiger partial charge in [0, 0.05) is 13.1 Å². The third-order valence-electron chi connectivity index (χ3n) is 2.55. The first-order valence-corrected chi connectivity index (χ1v) is 7.47. The lowest BCUT2D eigenvalue weighted by atomic mass is 10.3. The van der Waals surface area contributed by atoms with Crippen molar-refractivity contribution in [2.24, 2.45) is 5.92 Å². The monoisotopic (exact) mass is 234 g/mol. The summed E-state index contributed by atoms with van der Waals surface area (Å²) in [7, 11) is -3.04. The van der Waals surface area contributed by atoms with Gasteiger partial charge in [0.15, 0.2) is 0 Å². The molecule has 0 amide bonds. The lowest BCUT2D eigenvalue weighted by molar-refractivity contribution is 0.570. The molecule has 0 heterocycles. The zero-order valence-electron chi connectivity index (χ0n) is 9.46. The van der Waals surface area contributed by atoms with Gasteiger partial charge in [0.1, 0.15) is 0 Å². The third kappa shape index (κ3) is 6.87. The Kier molecular flexibility index (Phi) is 5.56. The van der Waals surface area contributed by atoms with Crippen molar-refractivity contribution in [1.82, 2.24) is 10.0 Å². The highest BCUT2D eigenvalue weighted by Gasteiger charge is 2.21. The van der Waals surface area contributed by atoms with Gasteiger partial charge >= 0.3 is 0 Å². The summed E-state index contributed by atoms with van der Waals surface area (Å²) in [6, 6.07) is 0. The van der Waals surface area contributed by atoms with Crippen LogP contribution in [0.1, 0.15) is 32.6 Å². The topological polar surface area (TPSA) is 58.2 Å². The SMILES string of the molecule is CCCNCCS(=O)(=O)NCCC1CC1. The minimum atomic E-state index is -3.04. The Morgan fingerprint density at radius 3 is 2.53 bits per heavy atom. The van der Waals surface area contributed by atoms with Crippen LogP contribution < -0.4 is 10.0 Å². The molecular formula is C10H22N2O2S. The number of hydrogen-bond acceptors (Lipinski definition) is 3. The summed E-state index contributed by atoms with van der Waals surface area (Å²) < 4.78 is 25.5. The zero-order valence-corrected chi connectivity index (χ0v) is 10.3. The Labute approximate surface area is 92.9 Å². The fourth-order valence-corrected chi connectivity index (χ4v) is 2.39. The van der Waals surface area contributed by atoms with E-state index in [1.54, 1.807) is 0 Å². The summed E-state index contributed by atoms with van der Waals surface area (Å²) in [6.45, 7) is 4.11. The summed E-state index contributed by atoms with van der Waals surface area (Å²) in [6.07, 6.45) is 4.59. The molecule has 0 aliphatic heterocycles. The van der Waals surface area contributed by atoms with Crippen molar-refractivity contribution >= 4 is 10.0 Å². The van der Waals surface area contributed by atoms with E-state index < -0.39 is 10.0 Å². The molecule has 2 N–H and O–H groups in total. The molecule has 1 rings (SSSR count). The van der Waals surface area contributed by atoms with Crippen LogP contribution in [0, 0.1) is 5.92 Å². The Balaban J connectivity index is 2.02. The van der Waals surface area contributed by atoms with Crippen molar-refractivity contribution in [1.29, 1.82) is 0 Å². The van der Waals surface area contributed by atoms with E-state index >= 15 is 0 Å². The molecule has 0 aromatic heterocycles. The van der Waals surface area contributed by atoms with E-state index in [1.807, 2.05) is 0 Å². The summed E-state index contributed by atoms with van der Waals surface area (Å²) in [5.41, 5.74) is 0. The van der Waals surface area contributed by atoms with Crippen LogP contribution in [0.15, 0.2) is 0 Å². The highest BCUT2D eigenvalue weighted by atomic mass is 32.2. The first-order valence-electron chi connectivity index (χ1n) is 5.82. The predicted molar refractivity (Wildman–Crippen MR) is 62.3 cm³/mol. The molecule has 0 saturated heterocycles. The molecule has 0 radical (unpaired) electrons. The van der Waals surface area contributed by atoms with Crippen molar-refractivity contribution in [2.45, 2.75) is 32.6 Å². The lowest BCUT2D eigenvalue weighted by Gasteiger charge is -2.06. The third-order valence-corrected chi connectivity index (χ3v) is 3.93. The molecule has 1 saturated carbocycles. The fourth-order valence-electron chi connectivity index (χ4n) is 1.41. The normalized spacial score (nSPS) is 16.9. The lowest BCUT2D eigenvalue weighted by Crippen LogP contribution is -2.32. The molecule has 0 bridgehead atoms. The first kappa shape index (κ1) is 12.9. The Hall–Kier alpha value is -0.130. The largest absolute Gasteiger partial charge is 0.316 e. The van der Waals surface area contributed by atoms with E-state index in [4.69, 9.17) is 0 Å². The molecule has 0 aromatic rings. The van der Waals surface area contributed by atoms with Crippen molar-refractivity contribution in [3.8, 4) is 0 Å². The van der Waals surface area contributed by atoms with E-state index in [2.05, 4.69) is 17.0 Å². The van der Waals surface area contributed by atoms with E-state index in [0.717, 1.165) is 25.3 Å². The molecule has 4 nitrogen and oxygen atoms in total. The molecule has 5 heteroatoms. The molecule has 0 atom stereocenters. The van der Waals surface area contributed by atoms with E-state index in [9.17, 15) is 8.42 Å². The average Bonchev–Trinajstić information content (AvgIpc) is 2.96. The number of nitrogens with one attached hydrogen (secondary N) is 2. The molecule has 90 valence electrons. The Morgan fingerprint density at radius 2 is 1.93 bits per heavy atom. The maximum atomic E-state index is 11.4. The van der Waals surface area contributed by atoms with Crippen LogP contribution in [-0.4, -0.2) is 33.8 Å². The van der Waals surface area contributed by atoms with Crippen molar-refractivity contribution < 1.29 is 8.42 Å². The highest BCUT2D eigenvalue weighted by molar-refractivity contribution is 7.89. The molecule has 1 aliphatic carbocycles. The van der Waals surface area contributed by atoms with Gasteiger partial charge in [0.2, 0.25) is 10.0 Å². The van der Waals surface area contributed by atoms with Gasteiger partial charge in [-0.2, -0.15) is 0 Å². The second kappa shape index (κ2) is 6.45. The highest BCUT2D eigenvalue weighted by Crippen LogP contribution is 2.31. The second-order valence-corrected chi connectivity index (χ2v) is 6.12. The van der Waals surface area contributed by atoms with E-state index in [1.165, 1.54) is 12.8 Å². The number of sulfonamides is 1. The van der Waals surface area contributed by atoms with Crippen LogP contribution in [-0.2, 0) is 10.0 Å². The van der Waals surface area contributed by atoms with E-state index in [0.29, 0.717) is 13.1 Å². The maximum absolute atomic E-state index is 11.4. The molecule has 0 aromatic carbocycles. The zero-order chi connectivity index (χ0) is 11.1. The van der Waals surface area contributed by atoms with Crippen molar-refractivity contribution in [3.63, 3.8) is 0 Å². The molecular weight excluding hydrogens is 212 g/mol. The molecule has 15 heavy (non-hydrogen) atoms. The number of rotatable bonds is 9. The van der Waals surface area contributed by atoms with Crippen LogP contribution in [0.4, 0.5) is 0 Å². The first-order chi connectivity index (χ1) is 7.14. The summed E-state index contributed by atoms with van der Waals surface area (Å²) >= 11 is 0. The minimum Gasteiger partial charge on any atom is -0.316 e. The van der Waals surface area contributed by atoms with Crippen molar-refractivity contribution in [2.75, 3.05) is 25.4 Å². The molecule has 0 unspecified atom stereocenters. The molecule has 1 aliphatic rings. The van der Waals surface area contributed by atoms with E-state index in [-0.39, 0.29) is 5.75 Å². The van der Waals surface area contributed by atoms with Crippen LogP contribution >= 0.6 is 0 Å². The predicted octanol–water partition coefficient (Wildman–Crippen LogP) is 0.706. The van der Waals surface area contributed by atoms with Gasteiger partial charge in [-0.25, -0.2) is 13.1 Å². The van der Waals surface area contributed by atoms with Crippen LogP contribution in [0.25, 0.3) is 0 Å². The standard InChI is InChI=1S/C10H22N2O2S/c1-2-6-11-8-9-15(13,14)12-7-5-10-3-4-10/h10-12H,2-9H2,1H3. The fraction of sp³-hybridized carbons (Fsp3) is 1.00. The average molecular weight is 234 g/mol. The van der Waals surface area contributed by atoms with Crippen LogP contribution in [0.2, 0.25) is 0 Å². The number of hydrogen-bond donors (Lipinski definition) is 2. The van der Waals surface area contributed by atoms with Gasteiger partial charge in [0.25, 0.3) is 0 Å². The van der Waals surface area contributed by atoms with Crippen LogP contribution in [0.3, 0.4) is 0 Å². The Morgan fingerprint density at radius 1 is 1.20 bits per heavy atom. The van der Waals surface area contributed by atoms with Gasteiger partial charge in [-0.05, 0) is 25.3 Å². The van der Waals surface area contributed by atoms with Gasteiger partial charge in [0.05, 0.1) is 5.75 Å². The van der Waals surface area contributed by atoms with Crippen LogP contribution in [0.5, 0.6) is 0 Å². The summed E-state index contributed by atoms with van der Waals surface area (Å²) in [4.78, 5) is 0. The van der Waals surface area contributed by atoms with Gasteiger partial charge in [-0.15, -0.1) is 0 Å². The van der Waals surface area contributed by atoms with Gasteiger partial charge < -0.3 is 5.32 Å². The minimum absolute atomic E-state index is 0.192. The summed E-state index contributed by atoms with van der Waals surface area (Å²) in [5, 5.41) is 3.08. The second-order valence-electron chi connectivity index (χ2n) is 4.20. The van der Waals surface area contributed by atoms with Gasteiger partial charge in [-0.3, -0.25) is 0 Å². The molecule has 0 spiro atoms.